The maximum atomic E-state index is 16.2. The summed E-state index contributed by atoms with van der Waals surface area (Å²) in [7, 11) is -4.07. The highest BCUT2D eigenvalue weighted by molar-refractivity contribution is 7.92. The fourth-order valence-electron chi connectivity index (χ4n) is 6.09. The van der Waals surface area contributed by atoms with Gasteiger partial charge in [-0.15, -0.1) is 11.3 Å². The van der Waals surface area contributed by atoms with Crippen LogP contribution in [0.25, 0.3) is 21.8 Å². The highest BCUT2D eigenvalue weighted by Gasteiger charge is 2.28. The number of ether oxygens (including phenoxy) is 1. The minimum atomic E-state index is -4.84. The number of halogens is 3. The molecule has 0 radical (unpaired) electrons. The number of thiazole rings is 1. The van der Waals surface area contributed by atoms with Gasteiger partial charge in [0, 0.05) is 85.0 Å². The number of hydrogen-bond donors (Lipinski definition) is 2. The van der Waals surface area contributed by atoms with E-state index in [0.29, 0.717) is 32.8 Å². The van der Waals surface area contributed by atoms with Crippen molar-refractivity contribution in [2.24, 2.45) is 0 Å². The first-order valence-electron chi connectivity index (χ1n) is 17.1. The first kappa shape index (κ1) is 39.1. The molecule has 286 valence electrons. The topological polar surface area (TPSA) is 130 Å². The van der Waals surface area contributed by atoms with Gasteiger partial charge in [-0.25, -0.2) is 36.5 Å². The molecule has 1 saturated heterocycles. The summed E-state index contributed by atoms with van der Waals surface area (Å²) in [6.07, 6.45) is 3.29. The van der Waals surface area contributed by atoms with Gasteiger partial charge in [0.05, 0.1) is 39.8 Å². The van der Waals surface area contributed by atoms with E-state index in [-0.39, 0.29) is 23.1 Å². The molecule has 1 aliphatic heterocycles. The largest absolute Gasteiger partial charge is 0.494 e. The van der Waals surface area contributed by atoms with E-state index < -0.39 is 48.9 Å². The highest BCUT2D eigenvalue weighted by Crippen LogP contribution is 2.41. The quantitative estimate of drug-likeness (QED) is 0.127. The predicted octanol–water partition coefficient (Wildman–Crippen LogP) is 7.17. The Morgan fingerprint density at radius 2 is 1.69 bits per heavy atom. The number of piperazine rings is 1. The number of anilines is 4. The number of nitrogens with one attached hydrogen (secondary N) is 2. The van der Waals surface area contributed by atoms with E-state index in [0.717, 1.165) is 68.2 Å². The molecule has 54 heavy (non-hydrogen) atoms. The third kappa shape index (κ3) is 8.53. The summed E-state index contributed by atoms with van der Waals surface area (Å²) >= 11 is 1.31. The van der Waals surface area contributed by atoms with Gasteiger partial charge in [0.2, 0.25) is 5.95 Å². The van der Waals surface area contributed by atoms with Crippen molar-refractivity contribution in [3.63, 3.8) is 0 Å². The molecule has 3 aromatic carbocycles. The van der Waals surface area contributed by atoms with Gasteiger partial charge >= 0.3 is 0 Å². The minimum Gasteiger partial charge on any atom is -0.494 e. The zero-order valence-corrected chi connectivity index (χ0v) is 32.8. The Balaban J connectivity index is 1.29. The van der Waals surface area contributed by atoms with Crippen LogP contribution < -0.4 is 19.7 Å². The van der Waals surface area contributed by atoms with Gasteiger partial charge in [-0.05, 0) is 48.9 Å². The van der Waals surface area contributed by atoms with E-state index in [4.69, 9.17) is 14.7 Å². The summed E-state index contributed by atoms with van der Waals surface area (Å²) in [6, 6.07) is 12.3. The van der Waals surface area contributed by atoms with Crippen LogP contribution >= 0.6 is 11.3 Å². The van der Waals surface area contributed by atoms with Gasteiger partial charge in [0.25, 0.3) is 10.0 Å². The second-order valence-corrected chi connectivity index (χ2v) is 17.2. The van der Waals surface area contributed by atoms with Crippen LogP contribution in [0.2, 0.25) is 0 Å². The molecule has 0 spiro atoms. The van der Waals surface area contributed by atoms with E-state index >= 15 is 4.39 Å². The Morgan fingerprint density at radius 1 is 0.981 bits per heavy atom. The number of sulfonamides is 1. The van der Waals surface area contributed by atoms with Crippen LogP contribution in [-0.2, 0) is 20.8 Å². The maximum absolute atomic E-state index is 16.2. The lowest BCUT2D eigenvalue weighted by atomic mass is 10.1. The first-order chi connectivity index (χ1) is 25.7. The molecule has 0 saturated carbocycles. The molecule has 2 N–H and O–H groups in total. The Kier molecular flexibility index (Phi) is 11.9. The molecule has 5 aromatic rings. The second-order valence-electron chi connectivity index (χ2n) is 13.0. The van der Waals surface area contributed by atoms with Gasteiger partial charge in [-0.3, -0.25) is 13.8 Å². The van der Waals surface area contributed by atoms with E-state index in [1.54, 1.807) is 25.6 Å². The molecule has 17 heteroatoms. The molecule has 1 fully saturated rings. The molecule has 0 amide bonds. The van der Waals surface area contributed by atoms with Gasteiger partial charge in [0.1, 0.15) is 17.4 Å². The van der Waals surface area contributed by atoms with Gasteiger partial charge < -0.3 is 15.0 Å². The molecule has 0 bridgehead atoms. The molecule has 11 nitrogen and oxygen atoms in total. The fraction of sp³-hybridized carbons (Fsp3) is 0.324. The number of aromatic nitrogens is 3. The van der Waals surface area contributed by atoms with Gasteiger partial charge in [0.15, 0.2) is 10.7 Å². The third-order valence-electron chi connectivity index (χ3n) is 8.88. The molecular formula is C37H40F3N7O4S3. The lowest BCUT2D eigenvalue weighted by molar-refractivity contribution is 0.272. The molecule has 0 aliphatic carbocycles. The molecule has 1 aliphatic rings. The summed E-state index contributed by atoms with van der Waals surface area (Å²) in [4.78, 5) is 17.9. The number of benzene rings is 3. The van der Waals surface area contributed by atoms with Crippen molar-refractivity contribution < 1.29 is 30.5 Å². The predicted molar refractivity (Wildman–Crippen MR) is 208 cm³/mol. The molecule has 1 unspecified atom stereocenters. The Labute approximate surface area is 319 Å². The summed E-state index contributed by atoms with van der Waals surface area (Å²) in [5.74, 6) is -2.13. The van der Waals surface area contributed by atoms with Crippen LogP contribution in [0.3, 0.4) is 0 Å². The van der Waals surface area contributed by atoms with E-state index in [1.807, 2.05) is 37.6 Å². The molecule has 2 aromatic heterocycles. The van der Waals surface area contributed by atoms with E-state index in [9.17, 15) is 21.4 Å². The number of methoxy groups -OCH3 is 1. The van der Waals surface area contributed by atoms with Gasteiger partial charge in [-0.1, -0.05) is 26.0 Å². The third-order valence-corrected chi connectivity index (χ3v) is 12.4. The SMILES string of the molecule is COc1cc(N2CCN(CCS(C)=O)CC2)c(C)cc1Nc1nccc(-c2sc(C(C)C)nc2-c2cccc(NS(=O)(=O)c3c(F)cccc3F)c2F)n1. The zero-order chi connectivity index (χ0) is 38.7. The van der Waals surface area contributed by atoms with Crippen LogP contribution in [0, 0.1) is 24.4 Å². The van der Waals surface area contributed by atoms with Crippen molar-refractivity contribution in [3.05, 3.63) is 88.8 Å². The molecule has 1 atom stereocenters. The number of rotatable bonds is 13. The average Bonchev–Trinajstić information content (AvgIpc) is 3.58. The second kappa shape index (κ2) is 16.4. The minimum absolute atomic E-state index is 0.0358. The van der Waals surface area contributed by atoms with Crippen LogP contribution in [0.5, 0.6) is 5.75 Å². The lowest BCUT2D eigenvalue weighted by Crippen LogP contribution is -2.47. The summed E-state index contributed by atoms with van der Waals surface area (Å²) in [5, 5.41) is 3.95. The molecule has 3 heterocycles. The fourth-order valence-corrected chi connectivity index (χ4v) is 8.86. The smallest absolute Gasteiger partial charge is 0.267 e. The van der Waals surface area contributed by atoms with Gasteiger partial charge in [-0.2, -0.15) is 0 Å². The maximum Gasteiger partial charge on any atom is 0.267 e. The molecular weight excluding hydrogens is 760 g/mol. The van der Waals surface area contributed by atoms with Crippen molar-refractivity contribution in [1.82, 2.24) is 19.9 Å². The van der Waals surface area contributed by atoms with Crippen molar-refractivity contribution in [2.45, 2.75) is 31.6 Å². The Hall–Kier alpha value is -4.58. The average molecular weight is 800 g/mol. The summed E-state index contributed by atoms with van der Waals surface area (Å²) in [6.45, 7) is 10.1. The standard InChI is InChI=1S/C37H40F3N7O4S3/c1-22(2)36-44-33(24-8-6-11-27(32(24)40)45-54(49,50)35-25(38)9-7-10-26(35)39)34(52-36)28-12-13-41-37(42-28)43-29-20-23(3)30(21-31(29)51-4)47-16-14-46(15-17-47)18-19-53(5)48/h6-13,20-22,45H,14-19H2,1-5H3,(H,41,42,43). The number of aryl methyl sites for hydroxylation is 1. The number of hydrogen-bond acceptors (Lipinski definition) is 11. The van der Waals surface area contributed by atoms with Crippen LogP contribution in [0.1, 0.15) is 30.3 Å². The first-order valence-corrected chi connectivity index (χ1v) is 21.1. The van der Waals surface area contributed by atoms with Crippen LogP contribution in [-0.4, -0.2) is 84.3 Å². The van der Waals surface area contributed by atoms with E-state index in [2.05, 4.69) is 20.1 Å². The monoisotopic (exact) mass is 799 g/mol. The van der Waals surface area contributed by atoms with Crippen molar-refractivity contribution in [2.75, 3.05) is 66.8 Å². The van der Waals surface area contributed by atoms with Crippen LogP contribution in [0.15, 0.2) is 65.7 Å². The number of nitrogens with zero attached hydrogens (tertiary/aromatic N) is 5. The van der Waals surface area contributed by atoms with Crippen molar-refractivity contribution >= 4 is 55.2 Å². The van der Waals surface area contributed by atoms with Crippen molar-refractivity contribution in [1.29, 1.82) is 0 Å². The van der Waals surface area contributed by atoms with Crippen LogP contribution in [0.4, 0.5) is 36.2 Å². The van der Waals surface area contributed by atoms with Crippen molar-refractivity contribution in [3.8, 4) is 27.6 Å². The Morgan fingerprint density at radius 3 is 2.35 bits per heavy atom. The molecule has 6 rings (SSSR count). The summed E-state index contributed by atoms with van der Waals surface area (Å²) < 4.78 is 90.4. The zero-order valence-electron chi connectivity index (χ0n) is 30.3. The normalized spacial score (nSPS) is 14.4. The summed E-state index contributed by atoms with van der Waals surface area (Å²) in [5.41, 5.74) is 2.81. The Bertz CT molecular complexity index is 2280. The lowest BCUT2D eigenvalue weighted by Gasteiger charge is -2.37. The van der Waals surface area contributed by atoms with E-state index in [1.165, 1.54) is 23.5 Å². The highest BCUT2D eigenvalue weighted by atomic mass is 32.2.